The van der Waals surface area contributed by atoms with Crippen LogP contribution < -0.4 is 5.32 Å². The van der Waals surface area contributed by atoms with E-state index in [-0.39, 0.29) is 0 Å². The lowest BCUT2D eigenvalue weighted by Crippen LogP contribution is -2.15. The van der Waals surface area contributed by atoms with Gasteiger partial charge in [-0.2, -0.15) is 0 Å². The zero-order valence-electron chi connectivity index (χ0n) is 5.59. The van der Waals surface area contributed by atoms with Crippen LogP contribution in [-0.2, 0) is 11.1 Å². The highest BCUT2D eigenvalue weighted by molar-refractivity contribution is 7.79. The Labute approximate surface area is 58.1 Å². The summed E-state index contributed by atoms with van der Waals surface area (Å²) in [6.45, 7) is 3.77. The number of hydrogen-bond donors (Lipinski definition) is 2. The monoisotopic (exact) mass is 151 g/mol. The second-order valence-electron chi connectivity index (χ2n) is 1.73. The van der Waals surface area contributed by atoms with Crippen LogP contribution in [-0.4, -0.2) is 27.6 Å². The molecular weight excluding hydrogens is 138 g/mol. The molecule has 0 heterocycles. The second kappa shape index (κ2) is 6.19. The standard InChI is InChI=1S/C5H13NO2S/c1-2-6-4-3-5-9(7)8/h6H,2-5H2,1H3,(H,7,8). The topological polar surface area (TPSA) is 49.3 Å². The predicted octanol–water partition coefficient (Wildman–Crippen LogP) is 0.208. The first-order chi connectivity index (χ1) is 4.27. The van der Waals surface area contributed by atoms with E-state index in [0.717, 1.165) is 19.5 Å². The zero-order chi connectivity index (χ0) is 7.11. The maximum Gasteiger partial charge on any atom is 0.152 e. The van der Waals surface area contributed by atoms with Gasteiger partial charge < -0.3 is 9.87 Å². The third-order valence-electron chi connectivity index (χ3n) is 0.923. The molecular formula is C5H13NO2S. The molecule has 0 fully saturated rings. The van der Waals surface area contributed by atoms with Gasteiger partial charge in [0.25, 0.3) is 0 Å². The quantitative estimate of drug-likeness (QED) is 0.436. The Morgan fingerprint density at radius 2 is 2.33 bits per heavy atom. The van der Waals surface area contributed by atoms with Crippen molar-refractivity contribution in [1.29, 1.82) is 0 Å². The molecule has 0 spiro atoms. The van der Waals surface area contributed by atoms with Crippen molar-refractivity contribution < 1.29 is 8.76 Å². The van der Waals surface area contributed by atoms with E-state index in [1.807, 2.05) is 6.92 Å². The Kier molecular flexibility index (Phi) is 6.24. The number of nitrogens with one attached hydrogen (secondary N) is 1. The molecule has 56 valence electrons. The van der Waals surface area contributed by atoms with Gasteiger partial charge in [0.15, 0.2) is 11.1 Å². The molecule has 0 saturated heterocycles. The minimum absolute atomic E-state index is 0.382. The highest BCUT2D eigenvalue weighted by atomic mass is 32.2. The summed E-state index contributed by atoms with van der Waals surface area (Å²) in [6, 6.07) is 0. The molecule has 0 aliphatic heterocycles. The first kappa shape index (κ1) is 9.07. The van der Waals surface area contributed by atoms with Crippen LogP contribution in [0.25, 0.3) is 0 Å². The minimum atomic E-state index is -1.61. The van der Waals surface area contributed by atoms with Gasteiger partial charge in [-0.15, -0.1) is 0 Å². The summed E-state index contributed by atoms with van der Waals surface area (Å²) in [4.78, 5) is 0. The van der Waals surface area contributed by atoms with Crippen LogP contribution in [0.15, 0.2) is 0 Å². The third-order valence-corrected chi connectivity index (χ3v) is 1.56. The lowest BCUT2D eigenvalue weighted by molar-refractivity contribution is 0.559. The fourth-order valence-corrected chi connectivity index (χ4v) is 0.889. The van der Waals surface area contributed by atoms with Gasteiger partial charge in [0.05, 0.1) is 5.75 Å². The van der Waals surface area contributed by atoms with Crippen LogP contribution in [0.1, 0.15) is 13.3 Å². The molecule has 0 bridgehead atoms. The lowest BCUT2D eigenvalue weighted by atomic mass is 10.5. The van der Waals surface area contributed by atoms with E-state index < -0.39 is 11.1 Å². The van der Waals surface area contributed by atoms with E-state index in [0.29, 0.717) is 5.75 Å². The summed E-state index contributed by atoms with van der Waals surface area (Å²) in [5, 5.41) is 3.06. The average molecular weight is 151 g/mol. The van der Waals surface area contributed by atoms with Crippen molar-refractivity contribution >= 4 is 11.1 Å². The van der Waals surface area contributed by atoms with Gasteiger partial charge in [-0.05, 0) is 19.5 Å². The SMILES string of the molecule is CCNCCCS(=O)O. The van der Waals surface area contributed by atoms with Crippen molar-refractivity contribution in [3.8, 4) is 0 Å². The van der Waals surface area contributed by atoms with Crippen LogP contribution in [0.3, 0.4) is 0 Å². The lowest BCUT2D eigenvalue weighted by Gasteiger charge is -1.96. The molecule has 0 aromatic rings. The van der Waals surface area contributed by atoms with Crippen molar-refractivity contribution in [3.63, 3.8) is 0 Å². The highest BCUT2D eigenvalue weighted by Gasteiger charge is 1.90. The Bertz CT molecular complexity index is 87.0. The van der Waals surface area contributed by atoms with E-state index in [1.165, 1.54) is 0 Å². The summed E-state index contributed by atoms with van der Waals surface area (Å²) in [5.74, 6) is 0.382. The van der Waals surface area contributed by atoms with Gasteiger partial charge in [-0.3, -0.25) is 0 Å². The molecule has 0 aliphatic rings. The Balaban J connectivity index is 2.83. The maximum atomic E-state index is 10.0. The fourth-order valence-electron chi connectivity index (χ4n) is 0.497. The van der Waals surface area contributed by atoms with Crippen molar-refractivity contribution in [3.05, 3.63) is 0 Å². The van der Waals surface area contributed by atoms with Crippen molar-refractivity contribution in [1.82, 2.24) is 5.32 Å². The first-order valence-corrected chi connectivity index (χ1v) is 4.33. The normalized spacial score (nSPS) is 13.6. The minimum Gasteiger partial charge on any atom is -0.317 e. The summed E-state index contributed by atoms with van der Waals surface area (Å²) in [7, 11) is 0. The van der Waals surface area contributed by atoms with Crippen molar-refractivity contribution in [2.45, 2.75) is 13.3 Å². The van der Waals surface area contributed by atoms with Crippen LogP contribution >= 0.6 is 0 Å². The molecule has 1 unspecified atom stereocenters. The summed E-state index contributed by atoms with van der Waals surface area (Å²) in [5.41, 5.74) is 0. The van der Waals surface area contributed by atoms with Gasteiger partial charge in [0, 0.05) is 0 Å². The van der Waals surface area contributed by atoms with E-state index in [4.69, 9.17) is 4.55 Å². The summed E-state index contributed by atoms with van der Waals surface area (Å²) < 4.78 is 18.3. The molecule has 0 saturated carbocycles. The molecule has 0 rings (SSSR count). The molecule has 0 amide bonds. The number of hydrogen-bond acceptors (Lipinski definition) is 2. The molecule has 0 aliphatic carbocycles. The molecule has 0 aromatic carbocycles. The van der Waals surface area contributed by atoms with Crippen molar-refractivity contribution in [2.75, 3.05) is 18.8 Å². The summed E-state index contributed by atoms with van der Waals surface area (Å²) >= 11 is -1.61. The van der Waals surface area contributed by atoms with E-state index >= 15 is 0 Å². The molecule has 3 nitrogen and oxygen atoms in total. The summed E-state index contributed by atoms with van der Waals surface area (Å²) in [6.07, 6.45) is 0.775. The number of rotatable bonds is 5. The predicted molar refractivity (Wildman–Crippen MR) is 38.8 cm³/mol. The highest BCUT2D eigenvalue weighted by Crippen LogP contribution is 1.79. The van der Waals surface area contributed by atoms with E-state index in [2.05, 4.69) is 5.32 Å². The van der Waals surface area contributed by atoms with Gasteiger partial charge >= 0.3 is 0 Å². The Hall–Kier alpha value is 0.0700. The molecule has 4 heteroatoms. The van der Waals surface area contributed by atoms with Gasteiger partial charge in [-0.1, -0.05) is 6.92 Å². The molecule has 2 N–H and O–H groups in total. The van der Waals surface area contributed by atoms with Crippen LogP contribution in [0.4, 0.5) is 0 Å². The zero-order valence-corrected chi connectivity index (χ0v) is 6.41. The average Bonchev–Trinajstić information content (AvgIpc) is 1.80. The Morgan fingerprint density at radius 1 is 1.67 bits per heavy atom. The van der Waals surface area contributed by atoms with E-state index in [1.54, 1.807) is 0 Å². The van der Waals surface area contributed by atoms with Crippen LogP contribution in [0.2, 0.25) is 0 Å². The Morgan fingerprint density at radius 3 is 2.78 bits per heavy atom. The molecule has 9 heavy (non-hydrogen) atoms. The molecule has 0 radical (unpaired) electrons. The van der Waals surface area contributed by atoms with Crippen LogP contribution in [0, 0.1) is 0 Å². The largest absolute Gasteiger partial charge is 0.317 e. The van der Waals surface area contributed by atoms with Gasteiger partial charge in [0.1, 0.15) is 0 Å². The second-order valence-corrected chi connectivity index (χ2v) is 2.78. The van der Waals surface area contributed by atoms with Crippen molar-refractivity contribution in [2.24, 2.45) is 0 Å². The van der Waals surface area contributed by atoms with Crippen LogP contribution in [0.5, 0.6) is 0 Å². The molecule has 1 atom stereocenters. The van der Waals surface area contributed by atoms with Gasteiger partial charge in [0.2, 0.25) is 0 Å². The smallest absolute Gasteiger partial charge is 0.152 e. The first-order valence-electron chi connectivity index (χ1n) is 3.05. The van der Waals surface area contributed by atoms with Gasteiger partial charge in [-0.25, -0.2) is 4.21 Å². The molecule has 0 aromatic heterocycles. The van der Waals surface area contributed by atoms with E-state index in [9.17, 15) is 4.21 Å². The third kappa shape index (κ3) is 8.07. The maximum absolute atomic E-state index is 10.0. The fraction of sp³-hybridized carbons (Fsp3) is 1.00.